The number of nitrogens with one attached hydrogen (secondary N) is 1. The number of carbonyl (C=O) groups is 1. The standard InChI is InChI=1S/C8H15NO3/c1-8(12)4-2-6(3-5-8)9-7(10)11/h6,9,12H,2-5H2,1H3,(H,10,11)/t6-,8-. The molecular formula is C8H15NO3. The van der Waals surface area contributed by atoms with Gasteiger partial charge in [0.05, 0.1) is 5.60 Å². The molecule has 70 valence electrons. The molecule has 0 aliphatic heterocycles. The van der Waals surface area contributed by atoms with Gasteiger partial charge in [0.25, 0.3) is 0 Å². The number of hydrogen-bond donors (Lipinski definition) is 3. The molecule has 1 aliphatic rings. The van der Waals surface area contributed by atoms with Crippen LogP contribution in [0.5, 0.6) is 0 Å². The van der Waals surface area contributed by atoms with Crippen LogP contribution < -0.4 is 5.32 Å². The van der Waals surface area contributed by atoms with Gasteiger partial charge in [-0.1, -0.05) is 0 Å². The van der Waals surface area contributed by atoms with E-state index in [2.05, 4.69) is 5.32 Å². The summed E-state index contributed by atoms with van der Waals surface area (Å²) in [6, 6.07) is 0.0303. The molecule has 0 atom stereocenters. The molecule has 0 bridgehead atoms. The molecule has 0 unspecified atom stereocenters. The van der Waals surface area contributed by atoms with Gasteiger partial charge in [-0.2, -0.15) is 0 Å². The van der Waals surface area contributed by atoms with Gasteiger partial charge < -0.3 is 15.5 Å². The molecule has 0 heterocycles. The van der Waals surface area contributed by atoms with Crippen molar-refractivity contribution >= 4 is 6.09 Å². The number of rotatable bonds is 1. The maximum absolute atomic E-state index is 10.3. The van der Waals surface area contributed by atoms with Crippen molar-refractivity contribution in [3.63, 3.8) is 0 Å². The van der Waals surface area contributed by atoms with E-state index in [1.807, 2.05) is 0 Å². The summed E-state index contributed by atoms with van der Waals surface area (Å²) in [5, 5.41) is 20.4. The third-order valence-electron chi connectivity index (χ3n) is 2.39. The van der Waals surface area contributed by atoms with Crippen LogP contribution in [-0.4, -0.2) is 27.9 Å². The fourth-order valence-corrected chi connectivity index (χ4v) is 1.56. The zero-order valence-electron chi connectivity index (χ0n) is 7.21. The highest BCUT2D eigenvalue weighted by Crippen LogP contribution is 2.27. The summed E-state index contributed by atoms with van der Waals surface area (Å²) in [7, 11) is 0. The molecule has 0 radical (unpaired) electrons. The Morgan fingerprint density at radius 1 is 1.50 bits per heavy atom. The number of hydrogen-bond acceptors (Lipinski definition) is 2. The molecule has 12 heavy (non-hydrogen) atoms. The number of amides is 1. The van der Waals surface area contributed by atoms with Crippen LogP contribution in [0.3, 0.4) is 0 Å². The van der Waals surface area contributed by atoms with Crippen LogP contribution in [0.2, 0.25) is 0 Å². The van der Waals surface area contributed by atoms with Crippen LogP contribution in [0.15, 0.2) is 0 Å². The van der Waals surface area contributed by atoms with Crippen molar-refractivity contribution < 1.29 is 15.0 Å². The van der Waals surface area contributed by atoms with Gasteiger partial charge in [-0.15, -0.1) is 0 Å². The Labute approximate surface area is 71.6 Å². The van der Waals surface area contributed by atoms with Crippen molar-refractivity contribution in [1.82, 2.24) is 5.32 Å². The van der Waals surface area contributed by atoms with Crippen molar-refractivity contribution in [1.29, 1.82) is 0 Å². The molecule has 0 aromatic carbocycles. The molecule has 4 nitrogen and oxygen atoms in total. The second-order valence-electron chi connectivity index (χ2n) is 3.72. The normalized spacial score (nSPS) is 36.0. The Morgan fingerprint density at radius 2 is 2.00 bits per heavy atom. The van der Waals surface area contributed by atoms with Gasteiger partial charge in [0, 0.05) is 6.04 Å². The van der Waals surface area contributed by atoms with Gasteiger partial charge in [0.2, 0.25) is 0 Å². The minimum absolute atomic E-state index is 0.0303. The van der Waals surface area contributed by atoms with Crippen molar-refractivity contribution in [3.8, 4) is 0 Å². The van der Waals surface area contributed by atoms with Crippen LogP contribution in [0.4, 0.5) is 4.79 Å². The molecule has 3 N–H and O–H groups in total. The first-order valence-electron chi connectivity index (χ1n) is 4.21. The van der Waals surface area contributed by atoms with E-state index in [4.69, 9.17) is 5.11 Å². The van der Waals surface area contributed by atoms with E-state index in [-0.39, 0.29) is 6.04 Å². The van der Waals surface area contributed by atoms with Gasteiger partial charge in [0.15, 0.2) is 0 Å². The predicted octanol–water partition coefficient (Wildman–Crippen LogP) is 0.948. The van der Waals surface area contributed by atoms with Crippen LogP contribution in [0, 0.1) is 0 Å². The van der Waals surface area contributed by atoms with E-state index in [1.165, 1.54) is 0 Å². The summed E-state index contributed by atoms with van der Waals surface area (Å²) in [5.41, 5.74) is -0.587. The van der Waals surface area contributed by atoms with Gasteiger partial charge in [-0.05, 0) is 32.6 Å². The lowest BCUT2D eigenvalue weighted by Crippen LogP contribution is -2.41. The third-order valence-corrected chi connectivity index (χ3v) is 2.39. The largest absolute Gasteiger partial charge is 0.465 e. The highest BCUT2D eigenvalue weighted by atomic mass is 16.4. The molecule has 1 fully saturated rings. The Bertz CT molecular complexity index is 169. The van der Waals surface area contributed by atoms with Crippen LogP contribution in [0.25, 0.3) is 0 Å². The lowest BCUT2D eigenvalue weighted by Gasteiger charge is -2.32. The zero-order valence-corrected chi connectivity index (χ0v) is 7.21. The van der Waals surface area contributed by atoms with Crippen LogP contribution >= 0.6 is 0 Å². The molecule has 1 saturated carbocycles. The summed E-state index contributed by atoms with van der Waals surface area (Å²) in [6.45, 7) is 1.80. The minimum Gasteiger partial charge on any atom is -0.465 e. The average molecular weight is 173 g/mol. The highest BCUT2D eigenvalue weighted by molar-refractivity contribution is 5.64. The molecular weight excluding hydrogens is 158 g/mol. The molecule has 4 heteroatoms. The maximum Gasteiger partial charge on any atom is 0.404 e. The predicted molar refractivity (Wildman–Crippen MR) is 44.0 cm³/mol. The molecule has 0 spiro atoms. The SMILES string of the molecule is C[C@]1(O)CC[C@H](NC(=O)O)CC1. The van der Waals surface area contributed by atoms with Crippen LogP contribution in [0.1, 0.15) is 32.6 Å². The van der Waals surface area contributed by atoms with Gasteiger partial charge >= 0.3 is 6.09 Å². The smallest absolute Gasteiger partial charge is 0.404 e. The Hall–Kier alpha value is -0.770. The van der Waals surface area contributed by atoms with E-state index in [9.17, 15) is 9.90 Å². The quantitative estimate of drug-likeness (QED) is 0.553. The summed E-state index contributed by atoms with van der Waals surface area (Å²) >= 11 is 0. The highest BCUT2D eigenvalue weighted by Gasteiger charge is 2.28. The van der Waals surface area contributed by atoms with Crippen molar-refractivity contribution in [2.24, 2.45) is 0 Å². The summed E-state index contributed by atoms with van der Waals surface area (Å²) < 4.78 is 0. The first kappa shape index (κ1) is 9.32. The van der Waals surface area contributed by atoms with E-state index >= 15 is 0 Å². The molecule has 1 amide bonds. The topological polar surface area (TPSA) is 69.6 Å². The lowest BCUT2D eigenvalue weighted by atomic mass is 9.84. The Morgan fingerprint density at radius 3 is 2.42 bits per heavy atom. The molecule has 1 aliphatic carbocycles. The number of carboxylic acid groups (broad SMARTS) is 1. The fraction of sp³-hybridized carbons (Fsp3) is 0.875. The second-order valence-corrected chi connectivity index (χ2v) is 3.72. The Kier molecular flexibility index (Phi) is 2.57. The van der Waals surface area contributed by atoms with E-state index in [0.29, 0.717) is 12.8 Å². The number of aliphatic hydroxyl groups is 1. The maximum atomic E-state index is 10.3. The summed E-state index contributed by atoms with van der Waals surface area (Å²) in [6.07, 6.45) is 1.86. The first-order chi connectivity index (χ1) is 5.49. The molecule has 0 saturated heterocycles. The van der Waals surface area contributed by atoms with Gasteiger partial charge in [0.1, 0.15) is 0 Å². The van der Waals surface area contributed by atoms with Crippen LogP contribution in [-0.2, 0) is 0 Å². The van der Waals surface area contributed by atoms with E-state index in [0.717, 1.165) is 12.8 Å². The summed E-state index contributed by atoms with van der Waals surface area (Å²) in [5.74, 6) is 0. The first-order valence-corrected chi connectivity index (χ1v) is 4.21. The fourth-order valence-electron chi connectivity index (χ4n) is 1.56. The van der Waals surface area contributed by atoms with Gasteiger partial charge in [-0.3, -0.25) is 0 Å². The summed E-state index contributed by atoms with van der Waals surface area (Å²) in [4.78, 5) is 10.3. The minimum atomic E-state index is -0.971. The third kappa shape index (κ3) is 2.70. The Balaban J connectivity index is 2.31. The van der Waals surface area contributed by atoms with Gasteiger partial charge in [-0.25, -0.2) is 4.79 Å². The van der Waals surface area contributed by atoms with Crippen molar-refractivity contribution in [3.05, 3.63) is 0 Å². The van der Waals surface area contributed by atoms with Crippen molar-refractivity contribution in [2.75, 3.05) is 0 Å². The zero-order chi connectivity index (χ0) is 9.19. The average Bonchev–Trinajstić information content (AvgIpc) is 1.93. The lowest BCUT2D eigenvalue weighted by molar-refractivity contribution is 0.0144. The monoisotopic (exact) mass is 173 g/mol. The van der Waals surface area contributed by atoms with E-state index in [1.54, 1.807) is 6.92 Å². The van der Waals surface area contributed by atoms with E-state index < -0.39 is 11.7 Å². The second kappa shape index (κ2) is 3.31. The molecule has 0 aromatic rings. The molecule has 1 rings (SSSR count). The molecule has 0 aromatic heterocycles. The van der Waals surface area contributed by atoms with Crippen molar-refractivity contribution in [2.45, 2.75) is 44.2 Å².